The van der Waals surface area contributed by atoms with Gasteiger partial charge in [0, 0.05) is 23.9 Å². The Kier molecular flexibility index (Phi) is 14.9. The molecule has 19 heteroatoms. The van der Waals surface area contributed by atoms with Gasteiger partial charge in [0.05, 0.1) is 50.8 Å². The molecule has 0 aromatic carbocycles. The number of hydrogen-bond donors (Lipinski definition) is 12. The summed E-state index contributed by atoms with van der Waals surface area (Å²) in [5, 5.41) is 131. The third-order valence-electron chi connectivity index (χ3n) is 19.8. The van der Waals surface area contributed by atoms with E-state index in [0.29, 0.717) is 25.7 Å². The summed E-state index contributed by atoms with van der Waals surface area (Å²) in [5.74, 6) is -0.255. The standard InChI is InChI=1S/C49H82O19/c1-22-31(55)38(67-41-36(60)34(58)32(56)26(18-50)64-41)39(68-42-37(61)35(59)33(57)27(19-51)65-42)43(63-22)66-30-10-11-45(4)28(46(30,5)20-52)9-12-47(6)40(45)25(62-8)15-23-24-16-44(2,3)13-14-49(24,21-53)29(54)17-48(23,47)7/h15,22,24-43,50-61H,9-14,16-21H2,1-8H3/t22-,24+,25-,26-,27-,28-,29-,30?,31+,32-,33-,34+,35+,36-,37-,38+,39-,40-,41+,42+,43+,45+,46+,47-,48-,49-/m1/s1. The fourth-order valence-electron chi connectivity index (χ4n) is 15.5. The van der Waals surface area contributed by atoms with Gasteiger partial charge in [-0.05, 0) is 91.8 Å². The quantitative estimate of drug-likeness (QED) is 0.0892. The van der Waals surface area contributed by atoms with Crippen LogP contribution in [0.25, 0.3) is 0 Å². The molecule has 0 amide bonds. The molecule has 12 N–H and O–H groups in total. The lowest BCUT2D eigenvalue weighted by Crippen LogP contribution is -2.70. The average Bonchev–Trinajstić information content (AvgIpc) is 3.30. The van der Waals surface area contributed by atoms with Gasteiger partial charge in [-0.1, -0.05) is 53.2 Å². The lowest BCUT2D eigenvalue weighted by molar-refractivity contribution is -0.398. The summed E-state index contributed by atoms with van der Waals surface area (Å²) >= 11 is 0. The largest absolute Gasteiger partial charge is 0.396 e. The predicted octanol–water partition coefficient (Wildman–Crippen LogP) is -0.790. The molecular formula is C49H82O19. The van der Waals surface area contributed by atoms with Crippen molar-refractivity contribution < 1.29 is 94.4 Å². The zero-order valence-corrected chi connectivity index (χ0v) is 40.9. The highest BCUT2D eigenvalue weighted by Crippen LogP contribution is 2.76. The Hall–Kier alpha value is -1.02. The van der Waals surface area contributed by atoms with E-state index >= 15 is 0 Å². The molecule has 8 aliphatic rings. The minimum atomic E-state index is -1.90. The van der Waals surface area contributed by atoms with Gasteiger partial charge in [0.15, 0.2) is 18.9 Å². The first kappa shape index (κ1) is 53.3. The molecule has 0 spiro atoms. The van der Waals surface area contributed by atoms with Gasteiger partial charge < -0.3 is 94.4 Å². The maximum absolute atomic E-state index is 12.2. The highest BCUT2D eigenvalue weighted by atomic mass is 16.8. The molecule has 68 heavy (non-hydrogen) atoms. The Morgan fingerprint density at radius 1 is 0.618 bits per heavy atom. The lowest BCUT2D eigenvalue weighted by atomic mass is 9.32. The van der Waals surface area contributed by atoms with Crippen LogP contribution in [0, 0.1) is 50.2 Å². The van der Waals surface area contributed by atoms with E-state index in [0.717, 1.165) is 25.7 Å². The number of aliphatic hydroxyl groups excluding tert-OH is 12. The van der Waals surface area contributed by atoms with E-state index < -0.39 is 139 Å². The number of aliphatic hydroxyl groups is 12. The van der Waals surface area contributed by atoms with Crippen LogP contribution in [0.15, 0.2) is 11.6 Å². The predicted molar refractivity (Wildman–Crippen MR) is 238 cm³/mol. The first-order valence-electron chi connectivity index (χ1n) is 24.9. The van der Waals surface area contributed by atoms with Gasteiger partial charge in [-0.3, -0.25) is 0 Å². The maximum atomic E-state index is 12.2. The van der Waals surface area contributed by atoms with Crippen LogP contribution >= 0.6 is 0 Å². The van der Waals surface area contributed by atoms with Gasteiger partial charge in [-0.15, -0.1) is 0 Å². The van der Waals surface area contributed by atoms with Crippen molar-refractivity contribution in [2.75, 3.05) is 33.5 Å². The second kappa shape index (κ2) is 19.0. The Labute approximate surface area is 399 Å². The van der Waals surface area contributed by atoms with Gasteiger partial charge in [-0.25, -0.2) is 0 Å². The van der Waals surface area contributed by atoms with Crippen LogP contribution in [-0.4, -0.2) is 205 Å². The first-order chi connectivity index (χ1) is 31.9. The Balaban J connectivity index is 1.13. The molecule has 0 aromatic heterocycles. The van der Waals surface area contributed by atoms with Crippen LogP contribution in [0.1, 0.15) is 99.8 Å². The monoisotopic (exact) mass is 975 g/mol. The fourth-order valence-corrected chi connectivity index (χ4v) is 15.5. The van der Waals surface area contributed by atoms with Gasteiger partial charge in [0.25, 0.3) is 0 Å². The molecule has 26 atom stereocenters. The molecular weight excluding hydrogens is 893 g/mol. The Morgan fingerprint density at radius 2 is 1.21 bits per heavy atom. The molecule has 8 rings (SSSR count). The second-order valence-electron chi connectivity index (χ2n) is 23.8. The van der Waals surface area contributed by atoms with Crippen LogP contribution in [-0.2, 0) is 33.2 Å². The van der Waals surface area contributed by atoms with Crippen LogP contribution in [0.5, 0.6) is 0 Å². The van der Waals surface area contributed by atoms with Crippen molar-refractivity contribution in [3.8, 4) is 0 Å². The fraction of sp³-hybridized carbons (Fsp3) is 0.959. The van der Waals surface area contributed by atoms with Crippen LogP contribution in [0.4, 0.5) is 0 Å². The van der Waals surface area contributed by atoms with Gasteiger partial charge in [0.1, 0.15) is 67.1 Å². The minimum absolute atomic E-state index is 0.0241. The van der Waals surface area contributed by atoms with Crippen molar-refractivity contribution in [1.29, 1.82) is 0 Å². The molecule has 3 aliphatic heterocycles. The molecule has 1 unspecified atom stereocenters. The number of rotatable bonds is 11. The topological polar surface area (TPSA) is 307 Å². The third kappa shape index (κ3) is 8.12. The summed E-state index contributed by atoms with van der Waals surface area (Å²) in [4.78, 5) is 0. The molecule has 0 radical (unpaired) electrons. The van der Waals surface area contributed by atoms with Crippen molar-refractivity contribution in [3.63, 3.8) is 0 Å². The van der Waals surface area contributed by atoms with E-state index in [9.17, 15) is 61.3 Å². The lowest BCUT2D eigenvalue weighted by Gasteiger charge is -2.73. The van der Waals surface area contributed by atoms with E-state index in [1.807, 2.05) is 6.92 Å². The zero-order chi connectivity index (χ0) is 49.8. The van der Waals surface area contributed by atoms with E-state index in [4.69, 9.17) is 33.2 Å². The van der Waals surface area contributed by atoms with E-state index in [1.165, 1.54) is 12.5 Å². The van der Waals surface area contributed by atoms with Gasteiger partial charge in [-0.2, -0.15) is 0 Å². The van der Waals surface area contributed by atoms with Crippen molar-refractivity contribution in [2.45, 2.75) is 210 Å². The average molecular weight is 975 g/mol. The number of hydrogen-bond acceptors (Lipinski definition) is 19. The number of methoxy groups -OCH3 is 1. The van der Waals surface area contributed by atoms with E-state index in [2.05, 4.69) is 40.7 Å². The Morgan fingerprint density at radius 3 is 1.75 bits per heavy atom. The smallest absolute Gasteiger partial charge is 0.187 e. The SMILES string of the molecule is CO[C@@H]1C=C2[C@@H]3CC(C)(C)CC[C@]3(CO)[C@H](O)C[C@@]2(C)[C@]2(C)CC[C@@H]3[C@](C)(CCC(O[C@@H]4O[C@H](C)[C@H](O)[C@H](O[C@@H]5O[C@H](CO)[C@@H](O)[C@H](O)[C@H]5O)[C@H]4O[C@@H]4O[C@H](CO)[C@@H](O)[C@H](O)[C@H]4O)[C@@]3(C)CO)[C@@H]12. The third-order valence-corrected chi connectivity index (χ3v) is 19.8. The zero-order valence-electron chi connectivity index (χ0n) is 40.9. The van der Waals surface area contributed by atoms with Crippen molar-refractivity contribution in [2.24, 2.45) is 50.2 Å². The van der Waals surface area contributed by atoms with Crippen LogP contribution in [0.2, 0.25) is 0 Å². The van der Waals surface area contributed by atoms with Crippen molar-refractivity contribution in [3.05, 3.63) is 11.6 Å². The Bertz CT molecular complexity index is 1800. The number of allylic oxidation sites excluding steroid dienone is 1. The molecule has 3 heterocycles. The normalized spacial score (nSPS) is 55.8. The minimum Gasteiger partial charge on any atom is -0.396 e. The summed E-state index contributed by atoms with van der Waals surface area (Å²) in [7, 11) is 1.74. The highest BCUT2D eigenvalue weighted by molar-refractivity contribution is 5.37. The number of fused-ring (bicyclic) bond motifs is 7. The van der Waals surface area contributed by atoms with Gasteiger partial charge >= 0.3 is 0 Å². The first-order valence-corrected chi connectivity index (χ1v) is 24.9. The maximum Gasteiger partial charge on any atom is 0.187 e. The molecule has 0 aromatic rings. The molecule has 0 bridgehead atoms. The number of ether oxygens (including phenoxy) is 7. The van der Waals surface area contributed by atoms with Gasteiger partial charge in [0.2, 0.25) is 0 Å². The summed E-state index contributed by atoms with van der Waals surface area (Å²) < 4.78 is 43.8. The van der Waals surface area contributed by atoms with Crippen LogP contribution < -0.4 is 0 Å². The van der Waals surface area contributed by atoms with E-state index in [1.54, 1.807) is 7.11 Å². The molecule has 4 saturated carbocycles. The summed E-state index contributed by atoms with van der Waals surface area (Å²) in [5.41, 5.74) is -1.53. The van der Waals surface area contributed by atoms with Crippen molar-refractivity contribution >= 4 is 0 Å². The van der Waals surface area contributed by atoms with Crippen molar-refractivity contribution in [1.82, 2.24) is 0 Å². The summed E-state index contributed by atoms with van der Waals surface area (Å²) in [6.45, 7) is 13.1. The van der Waals surface area contributed by atoms with Crippen LogP contribution in [0.3, 0.4) is 0 Å². The molecule has 392 valence electrons. The summed E-state index contributed by atoms with van der Waals surface area (Å²) in [6, 6.07) is 0. The molecule has 5 aliphatic carbocycles. The second-order valence-corrected chi connectivity index (χ2v) is 23.8. The molecule has 3 saturated heterocycles. The highest BCUT2D eigenvalue weighted by Gasteiger charge is 2.72. The van der Waals surface area contributed by atoms with E-state index in [-0.39, 0.29) is 47.9 Å². The molecule has 19 nitrogen and oxygen atoms in total. The summed E-state index contributed by atoms with van der Waals surface area (Å²) in [6.07, 6.45) is -18.5. The molecule has 7 fully saturated rings.